The Kier molecular flexibility index (Phi) is 9.17. The number of benzene rings is 2. The Hall–Kier alpha value is -2.26. The quantitative estimate of drug-likeness (QED) is 0.294. The second kappa shape index (κ2) is 12.0. The molecule has 6 nitrogen and oxygen atoms in total. The Morgan fingerprint density at radius 2 is 1.04 bits per heavy atom. The van der Waals surface area contributed by atoms with Crippen molar-refractivity contribution in [2.75, 3.05) is 0 Å². The van der Waals surface area contributed by atoms with Crippen LogP contribution < -0.4 is 0 Å². The zero-order valence-electron chi connectivity index (χ0n) is 29.5. The maximum atomic E-state index is 12.5. The van der Waals surface area contributed by atoms with Crippen LogP contribution in [0.5, 0.6) is 0 Å². The Labute approximate surface area is 283 Å². The van der Waals surface area contributed by atoms with Crippen molar-refractivity contribution in [2.24, 2.45) is 33.5 Å². The normalized spacial score (nSPS) is 33.9. The molecule has 2 aromatic carbocycles. The molecule has 0 radical (unpaired) electrons. The fraction of sp³-hybridized carbons (Fsp3) is 0.590. The molecule has 6 unspecified atom stereocenters. The predicted octanol–water partition coefficient (Wildman–Crippen LogP) is 9.25. The number of aryl methyl sites for hydroxylation is 1. The van der Waals surface area contributed by atoms with Gasteiger partial charge in [0.2, 0.25) is 0 Å². The standard InChI is InChI=1S/C28H38O6S2.C11H16/c1-25(2)21-11-13-27(25,5)23(35(29,30)31)19(21)15-17-7-9-18(10-8-17)16-20-22-12-14-28(6,26(22,3)4)24(20)36(32,33)34;1-4-10-5-7-11(8-6-10)9(2)3/h7-10,15-16,21-24H,11-14H2,1-6H3,(H,29,30,31)(H,32,33,34);5-9H,4H2,1-3H3. The second-order valence-corrected chi connectivity index (χ2v) is 19.5. The van der Waals surface area contributed by atoms with Crippen molar-refractivity contribution in [2.45, 2.75) is 111 Å². The molecule has 0 aliphatic heterocycles. The Balaban J connectivity index is 0.000000335. The molecule has 4 saturated carbocycles. The van der Waals surface area contributed by atoms with Gasteiger partial charge in [0.1, 0.15) is 10.5 Å². The molecule has 8 heteroatoms. The molecule has 6 rings (SSSR count). The summed E-state index contributed by atoms with van der Waals surface area (Å²) < 4.78 is 70.1. The van der Waals surface area contributed by atoms with E-state index in [1.54, 1.807) is 0 Å². The van der Waals surface area contributed by atoms with Gasteiger partial charge >= 0.3 is 0 Å². The van der Waals surface area contributed by atoms with Gasteiger partial charge in [0, 0.05) is 0 Å². The molecule has 6 atom stereocenters. The lowest BCUT2D eigenvalue weighted by Gasteiger charge is -2.37. The van der Waals surface area contributed by atoms with Gasteiger partial charge in [-0.05, 0) is 105 Å². The molecule has 0 amide bonds. The van der Waals surface area contributed by atoms with Crippen LogP contribution in [0.25, 0.3) is 12.2 Å². The third-order valence-corrected chi connectivity index (χ3v) is 16.2. The van der Waals surface area contributed by atoms with Gasteiger partial charge in [0.15, 0.2) is 0 Å². The number of hydrogen-bond acceptors (Lipinski definition) is 4. The van der Waals surface area contributed by atoms with E-state index in [2.05, 4.69) is 72.7 Å². The first-order valence-corrected chi connectivity index (χ1v) is 20.1. The smallest absolute Gasteiger partial charge is 0.272 e. The van der Waals surface area contributed by atoms with Crippen LogP contribution in [0.2, 0.25) is 0 Å². The van der Waals surface area contributed by atoms with Crippen LogP contribution in [0.15, 0.2) is 59.7 Å². The van der Waals surface area contributed by atoms with Gasteiger partial charge in [-0.2, -0.15) is 16.8 Å². The van der Waals surface area contributed by atoms with E-state index >= 15 is 0 Å². The van der Waals surface area contributed by atoms with E-state index in [9.17, 15) is 25.9 Å². The Bertz CT molecular complexity index is 1670. The van der Waals surface area contributed by atoms with Crippen molar-refractivity contribution in [1.82, 2.24) is 0 Å². The van der Waals surface area contributed by atoms with Gasteiger partial charge < -0.3 is 0 Å². The summed E-state index contributed by atoms with van der Waals surface area (Å²) in [6.45, 7) is 19.0. The third-order valence-electron chi connectivity index (χ3n) is 13.4. The minimum atomic E-state index is -4.26. The average molecular weight is 683 g/mol. The van der Waals surface area contributed by atoms with Crippen LogP contribution in [0.1, 0.15) is 116 Å². The highest BCUT2D eigenvalue weighted by molar-refractivity contribution is 7.87. The molecule has 4 aliphatic carbocycles. The summed E-state index contributed by atoms with van der Waals surface area (Å²) in [6.07, 6.45) is 8.30. The lowest BCUT2D eigenvalue weighted by atomic mass is 9.71. The first-order chi connectivity index (χ1) is 21.6. The molecule has 4 bridgehead atoms. The predicted molar refractivity (Wildman–Crippen MR) is 192 cm³/mol. The first-order valence-electron chi connectivity index (χ1n) is 17.1. The zero-order chi connectivity index (χ0) is 35.0. The van der Waals surface area contributed by atoms with Gasteiger partial charge in [0.25, 0.3) is 20.2 Å². The van der Waals surface area contributed by atoms with Crippen LogP contribution in [0.3, 0.4) is 0 Å². The van der Waals surface area contributed by atoms with Crippen LogP contribution in [-0.4, -0.2) is 36.4 Å². The maximum Gasteiger partial charge on any atom is 0.272 e. The first kappa shape index (κ1) is 36.0. The molecule has 258 valence electrons. The van der Waals surface area contributed by atoms with E-state index in [0.29, 0.717) is 5.92 Å². The van der Waals surface area contributed by atoms with Crippen LogP contribution in [0, 0.1) is 33.5 Å². The van der Waals surface area contributed by atoms with Gasteiger partial charge in [-0.1, -0.05) is 123 Å². The van der Waals surface area contributed by atoms with Crippen molar-refractivity contribution in [1.29, 1.82) is 0 Å². The van der Waals surface area contributed by atoms with Crippen LogP contribution >= 0.6 is 0 Å². The van der Waals surface area contributed by atoms with E-state index in [4.69, 9.17) is 0 Å². The van der Waals surface area contributed by atoms with Gasteiger partial charge in [0.05, 0.1) is 0 Å². The largest absolute Gasteiger partial charge is 0.285 e. The lowest BCUT2D eigenvalue weighted by Crippen LogP contribution is -2.40. The van der Waals surface area contributed by atoms with E-state index in [0.717, 1.165) is 54.4 Å². The van der Waals surface area contributed by atoms with Crippen molar-refractivity contribution >= 4 is 32.4 Å². The molecular weight excluding hydrogens is 629 g/mol. The number of rotatable bonds is 6. The third kappa shape index (κ3) is 5.89. The number of fused-ring (bicyclic) bond motifs is 4. The highest BCUT2D eigenvalue weighted by Gasteiger charge is 2.68. The van der Waals surface area contributed by atoms with Crippen molar-refractivity contribution in [3.05, 3.63) is 81.9 Å². The molecule has 0 heterocycles. The highest BCUT2D eigenvalue weighted by Crippen LogP contribution is 2.70. The summed E-state index contributed by atoms with van der Waals surface area (Å²) >= 11 is 0. The van der Waals surface area contributed by atoms with E-state index in [-0.39, 0.29) is 22.7 Å². The highest BCUT2D eigenvalue weighted by atomic mass is 32.2. The average Bonchev–Trinajstić information content (AvgIpc) is 3.47. The maximum absolute atomic E-state index is 12.5. The fourth-order valence-corrected chi connectivity index (χ4v) is 13.1. The summed E-state index contributed by atoms with van der Waals surface area (Å²) in [7, 11) is -8.51. The molecule has 2 N–H and O–H groups in total. The topological polar surface area (TPSA) is 109 Å². The van der Waals surface area contributed by atoms with E-state index in [1.165, 1.54) is 11.1 Å². The van der Waals surface area contributed by atoms with Gasteiger partial charge in [-0.3, -0.25) is 9.11 Å². The van der Waals surface area contributed by atoms with Crippen molar-refractivity contribution in [3.63, 3.8) is 0 Å². The Morgan fingerprint density at radius 1 is 0.681 bits per heavy atom. The van der Waals surface area contributed by atoms with Crippen molar-refractivity contribution in [3.8, 4) is 0 Å². The summed E-state index contributed by atoms with van der Waals surface area (Å²) in [5, 5.41) is -1.82. The van der Waals surface area contributed by atoms with E-state index in [1.807, 2.05) is 50.3 Å². The van der Waals surface area contributed by atoms with Gasteiger partial charge in [-0.25, -0.2) is 0 Å². The SMILES string of the molecule is CC1(C)C2CCC1(C)C(S(=O)(=O)O)C2=Cc1ccc(C=C2C3CCC(C)(C2S(=O)(=O)O)C3(C)C)cc1.CCc1ccc(C(C)C)cc1. The van der Waals surface area contributed by atoms with Crippen molar-refractivity contribution < 1.29 is 25.9 Å². The minimum absolute atomic E-state index is 0.0868. The summed E-state index contributed by atoms with van der Waals surface area (Å²) in [6, 6.07) is 16.5. The molecule has 0 spiro atoms. The summed E-state index contributed by atoms with van der Waals surface area (Å²) in [5.74, 6) is 0.827. The molecule has 47 heavy (non-hydrogen) atoms. The molecule has 4 aliphatic rings. The lowest BCUT2D eigenvalue weighted by molar-refractivity contribution is 0.151. The van der Waals surface area contributed by atoms with E-state index < -0.39 is 41.6 Å². The molecular formula is C39H54O6S2. The zero-order valence-corrected chi connectivity index (χ0v) is 31.2. The summed E-state index contributed by atoms with van der Waals surface area (Å²) in [4.78, 5) is 0. The molecule has 0 saturated heterocycles. The Morgan fingerprint density at radius 3 is 1.34 bits per heavy atom. The minimum Gasteiger partial charge on any atom is -0.285 e. The van der Waals surface area contributed by atoms with Crippen LogP contribution in [0.4, 0.5) is 0 Å². The van der Waals surface area contributed by atoms with Crippen LogP contribution in [-0.2, 0) is 26.7 Å². The molecule has 4 fully saturated rings. The molecule has 2 aromatic rings. The second-order valence-electron chi connectivity index (χ2n) is 16.5. The summed E-state index contributed by atoms with van der Waals surface area (Å²) in [5.41, 5.74) is 4.59. The van der Waals surface area contributed by atoms with Gasteiger partial charge in [-0.15, -0.1) is 0 Å². The number of hydrogen-bond donors (Lipinski definition) is 2. The molecule has 0 aromatic heterocycles. The fourth-order valence-electron chi connectivity index (χ4n) is 9.82. The monoisotopic (exact) mass is 682 g/mol.